The Balaban J connectivity index is 0.000000541. The largest absolute Gasteiger partial charge is 0.481 e. The van der Waals surface area contributed by atoms with Crippen LogP contribution < -0.4 is 11.3 Å². The Kier molecular flexibility index (Phi) is 5.05. The first-order valence-corrected chi connectivity index (χ1v) is 7.74. The van der Waals surface area contributed by atoms with Gasteiger partial charge in [0.15, 0.2) is 0 Å². The number of carboxylic acids is 1. The molecule has 0 bridgehead atoms. The lowest BCUT2D eigenvalue weighted by atomic mass is 10.1. The van der Waals surface area contributed by atoms with E-state index >= 15 is 0 Å². The standard InChI is InChI=1S/C11H10N2O4S.C2H4O2/c1-18(16,17)13-6-9(10(12)14)7-4-2-3-5-8(7)11(13)15;1-2(3)4/h2-6H,1H3,(H2,12,14);1H3,(H,3,4). The predicted octanol–water partition coefficient (Wildman–Crippen LogP) is -0.001000. The number of rotatable bonds is 2. The average molecular weight is 326 g/mol. The van der Waals surface area contributed by atoms with Gasteiger partial charge in [0.1, 0.15) is 0 Å². The number of nitrogens with zero attached hydrogens (tertiary/aromatic N) is 1. The van der Waals surface area contributed by atoms with Crippen LogP contribution in [0.1, 0.15) is 17.3 Å². The van der Waals surface area contributed by atoms with Crippen LogP contribution in [0.25, 0.3) is 10.8 Å². The summed E-state index contributed by atoms with van der Waals surface area (Å²) in [5.74, 6) is -1.62. The van der Waals surface area contributed by atoms with Crippen LogP contribution >= 0.6 is 0 Å². The number of pyridine rings is 1. The first-order valence-electron chi connectivity index (χ1n) is 5.90. The van der Waals surface area contributed by atoms with E-state index in [1.165, 1.54) is 6.07 Å². The molecule has 0 saturated carbocycles. The van der Waals surface area contributed by atoms with Crippen LogP contribution in [-0.4, -0.2) is 35.6 Å². The Morgan fingerprint density at radius 1 is 1.18 bits per heavy atom. The summed E-state index contributed by atoms with van der Waals surface area (Å²) in [5.41, 5.74) is 4.49. The second-order valence-electron chi connectivity index (χ2n) is 4.34. The van der Waals surface area contributed by atoms with Crippen molar-refractivity contribution < 1.29 is 23.1 Å². The Labute approximate surface area is 125 Å². The third-order valence-electron chi connectivity index (χ3n) is 2.52. The molecule has 0 radical (unpaired) electrons. The number of primary amides is 1. The van der Waals surface area contributed by atoms with Gasteiger partial charge in [-0.25, -0.2) is 12.4 Å². The molecule has 3 N–H and O–H groups in total. The van der Waals surface area contributed by atoms with Crippen molar-refractivity contribution in [1.29, 1.82) is 0 Å². The molecule has 0 saturated heterocycles. The monoisotopic (exact) mass is 326 g/mol. The molecule has 1 amide bonds. The number of carboxylic acid groups (broad SMARTS) is 1. The number of amides is 1. The smallest absolute Gasteiger partial charge is 0.300 e. The van der Waals surface area contributed by atoms with E-state index < -0.39 is 27.5 Å². The minimum absolute atomic E-state index is 0.00405. The van der Waals surface area contributed by atoms with E-state index in [9.17, 15) is 18.0 Å². The van der Waals surface area contributed by atoms with Crippen molar-refractivity contribution in [1.82, 2.24) is 3.97 Å². The van der Waals surface area contributed by atoms with Crippen LogP contribution in [0.15, 0.2) is 35.3 Å². The van der Waals surface area contributed by atoms with Gasteiger partial charge in [0.25, 0.3) is 17.4 Å². The van der Waals surface area contributed by atoms with Crippen molar-refractivity contribution in [3.63, 3.8) is 0 Å². The van der Waals surface area contributed by atoms with Gasteiger partial charge in [-0.1, -0.05) is 18.2 Å². The van der Waals surface area contributed by atoms with Crippen LogP contribution in [0.4, 0.5) is 0 Å². The molecule has 2 aromatic rings. The van der Waals surface area contributed by atoms with Crippen LogP contribution in [0.3, 0.4) is 0 Å². The quantitative estimate of drug-likeness (QED) is 0.797. The fraction of sp³-hybridized carbons (Fsp3) is 0.154. The Morgan fingerprint density at radius 3 is 2.05 bits per heavy atom. The van der Waals surface area contributed by atoms with E-state index in [0.717, 1.165) is 19.4 Å². The van der Waals surface area contributed by atoms with E-state index in [2.05, 4.69) is 0 Å². The highest BCUT2D eigenvalue weighted by atomic mass is 32.2. The minimum Gasteiger partial charge on any atom is -0.481 e. The van der Waals surface area contributed by atoms with Gasteiger partial charge in [-0.15, -0.1) is 0 Å². The number of carbonyl (C=O) groups excluding carboxylic acids is 1. The van der Waals surface area contributed by atoms with Crippen molar-refractivity contribution in [3.05, 3.63) is 46.4 Å². The maximum atomic E-state index is 12.0. The summed E-state index contributed by atoms with van der Waals surface area (Å²) in [5, 5.41) is 7.90. The second kappa shape index (κ2) is 6.39. The molecule has 1 heterocycles. The Hall–Kier alpha value is -2.68. The molecule has 0 aliphatic heterocycles. The first kappa shape index (κ1) is 17.4. The van der Waals surface area contributed by atoms with E-state index in [0.29, 0.717) is 9.36 Å². The zero-order valence-corrected chi connectivity index (χ0v) is 12.6. The molecule has 9 heteroatoms. The van der Waals surface area contributed by atoms with Gasteiger partial charge < -0.3 is 10.8 Å². The molecular weight excluding hydrogens is 312 g/mol. The zero-order chi connectivity index (χ0) is 17.1. The Bertz CT molecular complexity index is 894. The molecule has 0 aliphatic carbocycles. The molecule has 0 fully saturated rings. The van der Waals surface area contributed by atoms with Gasteiger partial charge in [0, 0.05) is 23.9 Å². The molecule has 2 rings (SSSR count). The lowest BCUT2D eigenvalue weighted by Gasteiger charge is -2.08. The number of nitrogens with two attached hydrogens (primary N) is 1. The summed E-state index contributed by atoms with van der Waals surface area (Å²) >= 11 is 0. The minimum atomic E-state index is -3.78. The SMILES string of the molecule is CC(=O)O.CS(=O)(=O)n1cc(C(N)=O)c2ccccc2c1=O. The summed E-state index contributed by atoms with van der Waals surface area (Å²) in [6, 6.07) is 6.22. The number of aromatic nitrogens is 1. The van der Waals surface area contributed by atoms with Crippen LogP contribution in [0, 0.1) is 0 Å². The van der Waals surface area contributed by atoms with Crippen molar-refractivity contribution in [2.75, 3.05) is 6.26 Å². The van der Waals surface area contributed by atoms with Crippen LogP contribution in [-0.2, 0) is 14.8 Å². The molecule has 22 heavy (non-hydrogen) atoms. The molecule has 0 aliphatic rings. The highest BCUT2D eigenvalue weighted by Gasteiger charge is 2.16. The normalized spacial score (nSPS) is 10.6. The number of fused-ring (bicyclic) bond motifs is 1. The van der Waals surface area contributed by atoms with E-state index in [1.54, 1.807) is 18.2 Å². The van der Waals surface area contributed by atoms with E-state index in [-0.39, 0.29) is 10.9 Å². The van der Waals surface area contributed by atoms with Gasteiger partial charge in [0.05, 0.1) is 11.8 Å². The van der Waals surface area contributed by atoms with Crippen LogP contribution in [0.5, 0.6) is 0 Å². The molecule has 118 valence electrons. The van der Waals surface area contributed by atoms with Gasteiger partial charge in [0.2, 0.25) is 10.0 Å². The summed E-state index contributed by atoms with van der Waals surface area (Å²) in [6.07, 6.45) is 1.84. The number of carbonyl (C=O) groups is 2. The van der Waals surface area contributed by atoms with Crippen molar-refractivity contribution in [2.24, 2.45) is 5.73 Å². The molecule has 0 unspecified atom stereocenters. The average Bonchev–Trinajstić information content (AvgIpc) is 2.36. The van der Waals surface area contributed by atoms with E-state index in [1.807, 2.05) is 0 Å². The fourth-order valence-electron chi connectivity index (χ4n) is 1.71. The summed E-state index contributed by atoms with van der Waals surface area (Å²) < 4.78 is 23.5. The molecule has 1 aromatic carbocycles. The van der Waals surface area contributed by atoms with Gasteiger partial charge in [-0.05, 0) is 6.07 Å². The maximum Gasteiger partial charge on any atom is 0.300 e. The highest BCUT2D eigenvalue weighted by molar-refractivity contribution is 7.89. The summed E-state index contributed by atoms with van der Waals surface area (Å²) in [6.45, 7) is 1.08. The fourth-order valence-corrected chi connectivity index (χ4v) is 2.41. The molecule has 1 aromatic heterocycles. The van der Waals surface area contributed by atoms with Gasteiger partial charge >= 0.3 is 0 Å². The molecule has 8 nitrogen and oxygen atoms in total. The second-order valence-corrected chi connectivity index (χ2v) is 6.20. The van der Waals surface area contributed by atoms with Crippen molar-refractivity contribution >= 4 is 32.7 Å². The molecule has 0 spiro atoms. The predicted molar refractivity (Wildman–Crippen MR) is 80.3 cm³/mol. The van der Waals surface area contributed by atoms with E-state index in [4.69, 9.17) is 15.6 Å². The van der Waals surface area contributed by atoms with Crippen molar-refractivity contribution in [2.45, 2.75) is 6.92 Å². The maximum absolute atomic E-state index is 12.0. The number of hydrogen-bond donors (Lipinski definition) is 2. The highest BCUT2D eigenvalue weighted by Crippen LogP contribution is 2.15. The zero-order valence-electron chi connectivity index (χ0n) is 11.8. The Morgan fingerprint density at radius 2 is 1.64 bits per heavy atom. The number of hydrogen-bond acceptors (Lipinski definition) is 5. The third-order valence-corrected chi connectivity index (χ3v) is 3.50. The molecular formula is C13H14N2O6S. The third kappa shape index (κ3) is 3.92. The first-order chi connectivity index (χ1) is 10.1. The van der Waals surface area contributed by atoms with Gasteiger partial charge in [-0.3, -0.25) is 14.4 Å². The van der Waals surface area contributed by atoms with Crippen LogP contribution in [0.2, 0.25) is 0 Å². The summed E-state index contributed by atoms with van der Waals surface area (Å²) in [4.78, 5) is 32.3. The number of benzene rings is 1. The lowest BCUT2D eigenvalue weighted by molar-refractivity contribution is -0.134. The lowest BCUT2D eigenvalue weighted by Crippen LogP contribution is -2.28. The van der Waals surface area contributed by atoms with Gasteiger partial charge in [-0.2, -0.15) is 0 Å². The summed E-state index contributed by atoms with van der Waals surface area (Å²) in [7, 11) is -3.78. The molecule has 0 atom stereocenters. The van der Waals surface area contributed by atoms with Crippen molar-refractivity contribution in [3.8, 4) is 0 Å². The number of aliphatic carboxylic acids is 1. The topological polar surface area (TPSA) is 137 Å².